The zero-order chi connectivity index (χ0) is 13.7. The van der Waals surface area contributed by atoms with Crippen LogP contribution in [0.4, 0.5) is 0 Å². The van der Waals surface area contributed by atoms with Crippen molar-refractivity contribution in [2.24, 2.45) is 11.8 Å². The second-order valence-electron chi connectivity index (χ2n) is 6.59. The summed E-state index contributed by atoms with van der Waals surface area (Å²) < 4.78 is 0. The minimum absolute atomic E-state index is 0.268. The van der Waals surface area contributed by atoms with Gasteiger partial charge in [0.15, 0.2) is 0 Å². The molecule has 20 heavy (non-hydrogen) atoms. The lowest BCUT2D eigenvalue weighted by Crippen LogP contribution is -2.51. The smallest absolute Gasteiger partial charge is 0.226 e. The number of carbonyl (C=O) groups excluding carboxylic acids is 1. The van der Waals surface area contributed by atoms with E-state index in [9.17, 15) is 4.79 Å². The van der Waals surface area contributed by atoms with E-state index in [1.165, 1.54) is 17.5 Å². The van der Waals surface area contributed by atoms with Crippen LogP contribution in [0.1, 0.15) is 30.4 Å². The van der Waals surface area contributed by atoms with Crippen LogP contribution in [-0.4, -0.2) is 36.5 Å². The first-order chi connectivity index (χ1) is 9.75. The van der Waals surface area contributed by atoms with Gasteiger partial charge in [0.05, 0.1) is 0 Å². The Labute approximate surface area is 120 Å². The third-order valence-electron chi connectivity index (χ3n) is 5.30. The molecule has 2 fully saturated rings. The van der Waals surface area contributed by atoms with Crippen LogP contribution in [0.5, 0.6) is 0 Å². The Kier molecular flexibility index (Phi) is 2.84. The topological polar surface area (TPSA) is 32.3 Å². The van der Waals surface area contributed by atoms with Gasteiger partial charge in [0, 0.05) is 31.6 Å². The maximum atomic E-state index is 12.8. The average Bonchev–Trinajstić information content (AvgIpc) is 3.21. The van der Waals surface area contributed by atoms with Crippen LogP contribution < -0.4 is 5.32 Å². The lowest BCUT2D eigenvalue weighted by molar-refractivity contribution is -0.134. The molecule has 3 nitrogen and oxygen atoms in total. The minimum atomic E-state index is 0.268. The summed E-state index contributed by atoms with van der Waals surface area (Å²) in [6.07, 6.45) is 2.35. The van der Waals surface area contributed by atoms with E-state index in [2.05, 4.69) is 41.4 Å². The summed E-state index contributed by atoms with van der Waals surface area (Å²) in [6, 6.07) is 9.14. The molecule has 1 saturated heterocycles. The van der Waals surface area contributed by atoms with Gasteiger partial charge in [-0.1, -0.05) is 24.3 Å². The molecule has 0 spiro atoms. The number of nitrogens with one attached hydrogen (secondary N) is 1. The van der Waals surface area contributed by atoms with Gasteiger partial charge in [-0.2, -0.15) is 0 Å². The SMILES string of the molecule is C[C@H]1CN(C(=O)C2C3CCc4ccccc4C32)CCN1. The number of piperazine rings is 1. The molecule has 0 aromatic heterocycles. The quantitative estimate of drug-likeness (QED) is 0.843. The maximum Gasteiger partial charge on any atom is 0.226 e. The molecule has 3 unspecified atom stereocenters. The molecule has 1 N–H and O–H groups in total. The van der Waals surface area contributed by atoms with Gasteiger partial charge in [-0.15, -0.1) is 0 Å². The van der Waals surface area contributed by atoms with E-state index < -0.39 is 0 Å². The molecule has 0 radical (unpaired) electrons. The zero-order valence-corrected chi connectivity index (χ0v) is 12.0. The predicted molar refractivity (Wildman–Crippen MR) is 78.5 cm³/mol. The summed E-state index contributed by atoms with van der Waals surface area (Å²) in [6.45, 7) is 4.84. The summed E-state index contributed by atoms with van der Waals surface area (Å²) >= 11 is 0. The summed E-state index contributed by atoms with van der Waals surface area (Å²) in [7, 11) is 0. The average molecular weight is 270 g/mol. The molecule has 1 aromatic rings. The minimum Gasteiger partial charge on any atom is -0.340 e. The molecule has 3 heteroatoms. The van der Waals surface area contributed by atoms with E-state index in [0.29, 0.717) is 23.8 Å². The normalized spacial score (nSPS) is 35.1. The lowest BCUT2D eigenvalue weighted by Gasteiger charge is -2.32. The van der Waals surface area contributed by atoms with Gasteiger partial charge < -0.3 is 10.2 Å². The van der Waals surface area contributed by atoms with Gasteiger partial charge in [-0.25, -0.2) is 0 Å². The third kappa shape index (κ3) is 1.87. The number of rotatable bonds is 1. The molecule has 1 aromatic carbocycles. The van der Waals surface area contributed by atoms with Gasteiger partial charge in [-0.05, 0) is 42.7 Å². The number of benzene rings is 1. The van der Waals surface area contributed by atoms with E-state index in [1.807, 2.05) is 0 Å². The monoisotopic (exact) mass is 270 g/mol. The summed E-state index contributed by atoms with van der Waals surface area (Å²) in [5.74, 6) is 1.80. The number of fused-ring (bicyclic) bond motifs is 3. The van der Waals surface area contributed by atoms with Crippen LogP contribution in [-0.2, 0) is 11.2 Å². The maximum absolute atomic E-state index is 12.8. The molecular weight excluding hydrogens is 248 g/mol. The zero-order valence-electron chi connectivity index (χ0n) is 12.0. The Hall–Kier alpha value is -1.35. The highest BCUT2D eigenvalue weighted by Crippen LogP contribution is 2.60. The Morgan fingerprint density at radius 1 is 1.35 bits per heavy atom. The van der Waals surface area contributed by atoms with E-state index in [-0.39, 0.29) is 5.92 Å². The molecular formula is C17H22N2O. The Balaban J connectivity index is 1.53. The number of hydrogen-bond acceptors (Lipinski definition) is 2. The van der Waals surface area contributed by atoms with Crippen LogP contribution in [0.25, 0.3) is 0 Å². The van der Waals surface area contributed by atoms with Gasteiger partial charge in [0.2, 0.25) is 5.91 Å². The van der Waals surface area contributed by atoms with Crippen molar-refractivity contribution in [1.82, 2.24) is 10.2 Å². The van der Waals surface area contributed by atoms with Crippen molar-refractivity contribution in [2.45, 2.75) is 31.7 Å². The highest BCUT2D eigenvalue weighted by Gasteiger charge is 2.57. The molecule has 3 aliphatic rings. The van der Waals surface area contributed by atoms with Crippen LogP contribution >= 0.6 is 0 Å². The van der Waals surface area contributed by atoms with Crippen molar-refractivity contribution in [1.29, 1.82) is 0 Å². The first-order valence-corrected chi connectivity index (χ1v) is 7.85. The van der Waals surface area contributed by atoms with Crippen molar-refractivity contribution in [2.75, 3.05) is 19.6 Å². The van der Waals surface area contributed by atoms with Crippen LogP contribution in [0.3, 0.4) is 0 Å². The largest absolute Gasteiger partial charge is 0.340 e. The fraction of sp³-hybridized carbons (Fsp3) is 0.588. The first kappa shape index (κ1) is 12.4. The summed E-state index contributed by atoms with van der Waals surface area (Å²) in [5, 5.41) is 3.41. The lowest BCUT2D eigenvalue weighted by atomic mass is 9.92. The van der Waals surface area contributed by atoms with E-state index in [0.717, 1.165) is 26.1 Å². The highest BCUT2D eigenvalue weighted by atomic mass is 16.2. The fourth-order valence-corrected chi connectivity index (χ4v) is 4.25. The second kappa shape index (κ2) is 4.59. The van der Waals surface area contributed by atoms with Gasteiger partial charge in [0.1, 0.15) is 0 Å². The fourth-order valence-electron chi connectivity index (χ4n) is 4.25. The predicted octanol–water partition coefficient (Wildman–Crippen LogP) is 1.78. The number of amides is 1. The van der Waals surface area contributed by atoms with Gasteiger partial charge >= 0.3 is 0 Å². The van der Waals surface area contributed by atoms with Crippen molar-refractivity contribution in [3.05, 3.63) is 35.4 Å². The molecule has 1 saturated carbocycles. The number of aryl methyl sites for hydroxylation is 1. The Bertz CT molecular complexity index is 542. The molecule has 4 atom stereocenters. The summed E-state index contributed by atoms with van der Waals surface area (Å²) in [5.41, 5.74) is 2.92. The molecule has 1 amide bonds. The second-order valence-corrected chi connectivity index (χ2v) is 6.59. The number of nitrogens with zero attached hydrogens (tertiary/aromatic N) is 1. The highest BCUT2D eigenvalue weighted by molar-refractivity contribution is 5.84. The first-order valence-electron chi connectivity index (χ1n) is 7.85. The van der Waals surface area contributed by atoms with Crippen molar-refractivity contribution < 1.29 is 4.79 Å². The van der Waals surface area contributed by atoms with Crippen molar-refractivity contribution in [3.8, 4) is 0 Å². The number of hydrogen-bond donors (Lipinski definition) is 1. The molecule has 0 bridgehead atoms. The van der Waals surface area contributed by atoms with Crippen molar-refractivity contribution in [3.63, 3.8) is 0 Å². The Morgan fingerprint density at radius 2 is 2.20 bits per heavy atom. The van der Waals surface area contributed by atoms with E-state index in [4.69, 9.17) is 0 Å². The third-order valence-corrected chi connectivity index (χ3v) is 5.30. The summed E-state index contributed by atoms with van der Waals surface area (Å²) in [4.78, 5) is 14.9. The van der Waals surface area contributed by atoms with Gasteiger partial charge in [-0.3, -0.25) is 4.79 Å². The van der Waals surface area contributed by atoms with Crippen molar-refractivity contribution >= 4 is 5.91 Å². The molecule has 1 aliphatic heterocycles. The van der Waals surface area contributed by atoms with E-state index in [1.54, 1.807) is 0 Å². The van der Waals surface area contributed by atoms with Crippen LogP contribution in [0.2, 0.25) is 0 Å². The molecule has 106 valence electrons. The Morgan fingerprint density at radius 3 is 3.05 bits per heavy atom. The van der Waals surface area contributed by atoms with E-state index >= 15 is 0 Å². The van der Waals surface area contributed by atoms with Crippen LogP contribution in [0.15, 0.2) is 24.3 Å². The van der Waals surface area contributed by atoms with Crippen LogP contribution in [0, 0.1) is 11.8 Å². The van der Waals surface area contributed by atoms with Gasteiger partial charge in [0.25, 0.3) is 0 Å². The molecule has 1 heterocycles. The standard InChI is InChI=1S/C17H22N2O/c1-11-10-19(9-8-18-11)17(20)16-14-7-6-12-4-2-3-5-13(12)15(14)16/h2-5,11,14-16,18H,6-10H2,1H3/t11-,14?,15?,16?/m0/s1. The number of carbonyl (C=O) groups is 1. The molecule has 2 aliphatic carbocycles. The molecule has 4 rings (SSSR count).